The van der Waals surface area contributed by atoms with Gasteiger partial charge < -0.3 is 96.7 Å². The van der Waals surface area contributed by atoms with Crippen LogP contribution in [-0.4, -0.2) is 195 Å². The topological polar surface area (TPSA) is 589 Å². The van der Waals surface area contributed by atoms with Crippen molar-refractivity contribution in [1.82, 2.24) is 52.8 Å². The van der Waals surface area contributed by atoms with Crippen LogP contribution in [0, 0.1) is 14.4 Å². The molecule has 0 bridgehead atoms. The van der Waals surface area contributed by atoms with Crippen LogP contribution in [0.15, 0.2) is 133 Å². The fourth-order valence-electron chi connectivity index (χ4n) is 10.9. The second kappa shape index (κ2) is 45.6. The molecular formula is C72H86F6IN17O17. The molecule has 0 spiro atoms. The Morgan fingerprint density at radius 3 is 1.38 bits per heavy atom. The highest BCUT2D eigenvalue weighted by Gasteiger charge is 2.42. The third kappa shape index (κ3) is 33.7. The van der Waals surface area contributed by atoms with Crippen molar-refractivity contribution in [3.05, 3.63) is 170 Å². The summed E-state index contributed by atoms with van der Waals surface area (Å²) in [5.41, 5.74) is 31.0. The molecular weight excluding hydrogens is 1610 g/mol. The van der Waals surface area contributed by atoms with Crippen LogP contribution in [-0.2, 0) is 88.0 Å². The van der Waals surface area contributed by atoms with E-state index in [1.54, 1.807) is 127 Å². The number of carbonyl (C=O) groups excluding carboxylic acids is 12. The average molecular weight is 1700 g/mol. The van der Waals surface area contributed by atoms with Gasteiger partial charge >= 0.3 is 24.3 Å². The lowest BCUT2D eigenvalue weighted by Gasteiger charge is -2.31. The Bertz CT molecular complexity index is 4150. The molecule has 0 aromatic heterocycles. The number of nitrogens with zero attached hydrogens (tertiary/aromatic N) is 1. The van der Waals surface area contributed by atoms with E-state index >= 15 is 0 Å². The predicted molar refractivity (Wildman–Crippen MR) is 400 cm³/mol. The molecule has 5 aromatic rings. The summed E-state index contributed by atoms with van der Waals surface area (Å²) in [7, 11) is 0. The Morgan fingerprint density at radius 2 is 0.894 bits per heavy atom. The van der Waals surface area contributed by atoms with Gasteiger partial charge in [-0.2, -0.15) is 26.3 Å². The number of guanidine groups is 2. The van der Waals surface area contributed by atoms with Gasteiger partial charge in [-0.15, -0.1) is 0 Å². The van der Waals surface area contributed by atoms with E-state index in [4.69, 9.17) is 59.3 Å². The lowest BCUT2D eigenvalue weighted by Crippen LogP contribution is -2.61. The van der Waals surface area contributed by atoms with E-state index in [0.29, 0.717) is 37.0 Å². The zero-order chi connectivity index (χ0) is 84.3. The van der Waals surface area contributed by atoms with Crippen LogP contribution in [0.25, 0.3) is 0 Å². The molecule has 1 aliphatic rings. The molecule has 24 N–H and O–H groups in total. The van der Waals surface area contributed by atoms with Crippen molar-refractivity contribution in [3.8, 4) is 5.75 Å². The third-order valence-electron chi connectivity index (χ3n) is 16.5. The fourth-order valence-corrected chi connectivity index (χ4v) is 11.5. The smallest absolute Gasteiger partial charge is 0.490 e. The zero-order valence-corrected chi connectivity index (χ0v) is 62.3. The molecule has 11 amide bonds. The van der Waals surface area contributed by atoms with Gasteiger partial charge in [-0.25, -0.2) is 9.59 Å². The second-order valence-corrected chi connectivity index (χ2v) is 26.4. The Labute approximate surface area is 655 Å². The molecule has 8 atom stereocenters. The number of amides is 11. The lowest BCUT2D eigenvalue weighted by molar-refractivity contribution is -0.193. The molecule has 41 heteroatoms. The van der Waals surface area contributed by atoms with Gasteiger partial charge in [0.25, 0.3) is 0 Å². The minimum absolute atomic E-state index is 0.00778. The summed E-state index contributed by atoms with van der Waals surface area (Å²) in [5.74, 6) is -16.5. The van der Waals surface area contributed by atoms with E-state index < -0.39 is 163 Å². The summed E-state index contributed by atoms with van der Waals surface area (Å²) in [6.07, 6.45) is -12.3. The molecule has 34 nitrogen and oxygen atoms in total. The number of carboxylic acids is 2. The van der Waals surface area contributed by atoms with Crippen LogP contribution in [0.3, 0.4) is 0 Å². The zero-order valence-electron chi connectivity index (χ0n) is 60.2. The summed E-state index contributed by atoms with van der Waals surface area (Å²) in [5, 5.41) is 63.1. The van der Waals surface area contributed by atoms with Crippen LogP contribution in [0.5, 0.6) is 5.75 Å². The molecule has 0 unspecified atom stereocenters. The molecule has 0 saturated carbocycles. The van der Waals surface area contributed by atoms with Crippen molar-refractivity contribution in [3.63, 3.8) is 0 Å². The van der Waals surface area contributed by atoms with Crippen molar-refractivity contribution in [2.24, 2.45) is 28.7 Å². The van der Waals surface area contributed by atoms with E-state index in [9.17, 15) is 89.0 Å². The fraction of sp³-hybridized carbons (Fsp3) is 0.361. The molecule has 1 saturated heterocycles. The number of halogens is 7. The SMILES string of the molecule is N=C(N)NCCC[C@H](NC(=O)[C@@H]1CCCN1C(=O)[C@H](CCCNC(=N)N)NC(=O)[C@H](CC(N)=O)NC(=O)[C@H](CCC(N)=O)NC(=O)[C@H](Cc1ccccc1)NC(=O)[C@@H](Cc1ccc(C(=O)c2ccccc2)cc1)NC(=O)Cc1ccccc1)C(=O)N[C@@H](Cc1ccc(O)c([125I])c1)C(N)=O.O=C(O)C(F)(F)F.O=C(O)C(F)(F)F. The predicted octanol–water partition coefficient (Wildman–Crippen LogP) is 0.302. The van der Waals surface area contributed by atoms with E-state index in [1.165, 1.54) is 11.0 Å². The first kappa shape index (κ1) is 92.9. The molecule has 1 fully saturated rings. The summed E-state index contributed by atoms with van der Waals surface area (Å²) >= 11 is 1.89. The van der Waals surface area contributed by atoms with Crippen LogP contribution < -0.4 is 76.5 Å². The number of alkyl halides is 6. The quantitative estimate of drug-likeness (QED) is 0.00631. The molecule has 6 rings (SSSR count). The average Bonchev–Trinajstić information content (AvgIpc) is 1.75. The molecule has 0 radical (unpaired) electrons. The Balaban J connectivity index is 0.00000175. The number of likely N-dealkylation sites (tertiary alicyclic amines) is 1. The van der Waals surface area contributed by atoms with Crippen molar-refractivity contribution in [1.29, 1.82) is 10.8 Å². The highest BCUT2D eigenvalue weighted by molar-refractivity contribution is 14.1. The number of aromatic hydroxyl groups is 1. The standard InChI is InChI=1S/C68H84IN17O13.2C2HF3O2/c69-45-33-42(24-28-54(45)87)36-49(59(72)92)83-60(93)46(19-10-30-77-67(73)74)81-65(98)53-21-12-32-86(53)66(99)48(20-11-31-78-68(75)76)82-64(97)52(38-56(71)89)85-61(94)47(27-29-55(70)88)80-63(96)51(34-39-13-4-1-5-14-39)84-62(95)50(79-57(90)37-40-15-6-2-7-16-40)35-41-22-25-44(26-23-41)58(91)43-17-8-3-9-18-43;2*3-2(4,5)1(6)7/h1-9,13-18,22-26,28,33,46-53,87H,10-12,19-21,27,29-32,34-38H2,(H2,70,88)(H2,71,89)(H2,72,92)(H,79,90)(H,80,96)(H,81,98)(H,82,97)(H,83,93)(H,84,95)(H,85,94)(H4,73,74,77)(H4,75,76,78);2*(H,6,7)/t46-,47-,48-,49-,50+,51-,52-,53-;;/m0../s1/i69-2;;. The van der Waals surface area contributed by atoms with E-state index in [1.807, 2.05) is 22.6 Å². The number of carbonyl (C=O) groups is 14. The summed E-state index contributed by atoms with van der Waals surface area (Å²) in [6.45, 7) is 0.0777. The monoisotopic (exact) mass is 1700 g/mol. The molecule has 1 aliphatic heterocycles. The maximum Gasteiger partial charge on any atom is 0.490 e. The number of phenols is 1. The highest BCUT2D eigenvalue weighted by Crippen LogP contribution is 2.24. The van der Waals surface area contributed by atoms with Crippen molar-refractivity contribution >= 4 is 117 Å². The third-order valence-corrected chi connectivity index (χ3v) is 17.3. The van der Waals surface area contributed by atoms with Gasteiger partial charge in [-0.05, 0) is 102 Å². The van der Waals surface area contributed by atoms with Gasteiger partial charge in [0, 0.05) is 56.4 Å². The molecule has 1 heterocycles. The normalized spacial score (nSPS) is 14.1. The van der Waals surface area contributed by atoms with E-state index in [-0.39, 0.29) is 101 Å². The van der Waals surface area contributed by atoms with Gasteiger partial charge in [0.1, 0.15) is 54.1 Å². The maximum absolute atomic E-state index is 14.8. The van der Waals surface area contributed by atoms with Crippen molar-refractivity contribution in [2.75, 3.05) is 19.6 Å². The van der Waals surface area contributed by atoms with Crippen LogP contribution in [0.4, 0.5) is 26.3 Å². The van der Waals surface area contributed by atoms with Gasteiger partial charge in [0.15, 0.2) is 17.7 Å². The van der Waals surface area contributed by atoms with Crippen molar-refractivity contribution < 1.29 is 109 Å². The first-order chi connectivity index (χ1) is 53.1. The molecule has 5 aromatic carbocycles. The summed E-state index contributed by atoms with van der Waals surface area (Å²) in [6, 6.07) is 24.9. The Morgan fingerprint density at radius 1 is 0.487 bits per heavy atom. The summed E-state index contributed by atoms with van der Waals surface area (Å²) < 4.78 is 63.9. The number of nitrogens with one attached hydrogen (secondary N) is 11. The number of benzene rings is 5. The van der Waals surface area contributed by atoms with Crippen LogP contribution in [0.1, 0.15) is 96.0 Å². The largest absolute Gasteiger partial charge is 0.507 e. The number of phenolic OH excluding ortho intramolecular Hbond substituents is 1. The minimum Gasteiger partial charge on any atom is -0.507 e. The molecule has 0 aliphatic carbocycles. The van der Waals surface area contributed by atoms with Crippen LogP contribution >= 0.6 is 22.6 Å². The highest BCUT2D eigenvalue weighted by atomic mass is 125. The van der Waals surface area contributed by atoms with Gasteiger partial charge in [-0.1, -0.05) is 121 Å². The number of ketones is 1. The number of hydrogen-bond donors (Lipinski definition) is 19. The van der Waals surface area contributed by atoms with Gasteiger partial charge in [0.05, 0.1) is 16.4 Å². The second-order valence-electron chi connectivity index (χ2n) is 25.3. The van der Waals surface area contributed by atoms with E-state index in [0.717, 1.165) is 0 Å². The number of hydrogen-bond acceptors (Lipinski definition) is 17. The Hall–Kier alpha value is -12.5. The lowest BCUT2D eigenvalue weighted by atomic mass is 9.98. The van der Waals surface area contributed by atoms with Gasteiger partial charge in [0.2, 0.25) is 65.0 Å². The minimum atomic E-state index is -5.08. The van der Waals surface area contributed by atoms with Gasteiger partial charge in [-0.3, -0.25) is 68.4 Å². The maximum atomic E-state index is 14.8. The summed E-state index contributed by atoms with van der Waals surface area (Å²) in [4.78, 5) is 186. The molecule has 610 valence electrons. The number of primary amides is 3. The van der Waals surface area contributed by atoms with Crippen LogP contribution in [0.2, 0.25) is 0 Å². The Kier molecular flexibility index (Phi) is 37.5. The van der Waals surface area contributed by atoms with Crippen molar-refractivity contribution in [2.45, 2.75) is 144 Å². The number of aliphatic carboxylic acids is 2. The molecule has 113 heavy (non-hydrogen) atoms. The number of carboxylic acid groups (broad SMARTS) is 2. The first-order valence-corrected chi connectivity index (χ1v) is 35.5. The number of rotatable bonds is 38. The number of nitrogens with two attached hydrogens (primary N) is 5. The van der Waals surface area contributed by atoms with E-state index in [2.05, 4.69) is 47.9 Å². The first-order valence-electron chi connectivity index (χ1n) is 34.4.